The molecular weight excluding hydrogens is 180 g/mol. The summed E-state index contributed by atoms with van der Waals surface area (Å²) >= 11 is 0. The van der Waals surface area contributed by atoms with Crippen LogP contribution in [0.5, 0.6) is 5.75 Å². The molecule has 0 aliphatic heterocycles. The molecule has 1 rings (SSSR count). The van der Waals surface area contributed by atoms with Crippen molar-refractivity contribution in [2.75, 3.05) is 12.3 Å². The second-order valence-corrected chi connectivity index (χ2v) is 3.80. The minimum atomic E-state index is -0.711. The average Bonchev–Trinajstić information content (AvgIpc) is 2.06. The van der Waals surface area contributed by atoms with Crippen molar-refractivity contribution < 1.29 is 9.84 Å². The fourth-order valence-electron chi connectivity index (χ4n) is 0.936. The smallest absolute Gasteiger partial charge is 0.166 e. The molecule has 1 aromatic rings. The Kier molecular flexibility index (Phi) is 3.30. The van der Waals surface area contributed by atoms with Crippen molar-refractivity contribution in [1.82, 2.24) is 4.98 Å². The maximum absolute atomic E-state index is 9.44. The number of nitrogens with zero attached hydrogens (tertiary/aromatic N) is 1. The van der Waals surface area contributed by atoms with Crippen LogP contribution in [0.4, 0.5) is 5.82 Å². The molecule has 0 aromatic carbocycles. The first-order chi connectivity index (χ1) is 6.49. The van der Waals surface area contributed by atoms with Gasteiger partial charge in [-0.05, 0) is 26.0 Å². The van der Waals surface area contributed by atoms with E-state index in [4.69, 9.17) is 10.5 Å². The fourth-order valence-corrected chi connectivity index (χ4v) is 0.936. The molecule has 0 bridgehead atoms. The lowest BCUT2D eigenvalue weighted by molar-refractivity contribution is 0.0554. The van der Waals surface area contributed by atoms with Crippen molar-refractivity contribution in [1.29, 1.82) is 0 Å². The number of ether oxygens (including phenoxy) is 1. The molecule has 78 valence electrons. The van der Waals surface area contributed by atoms with Crippen LogP contribution in [0.1, 0.15) is 20.3 Å². The molecule has 1 heterocycles. The van der Waals surface area contributed by atoms with E-state index in [1.165, 1.54) is 0 Å². The monoisotopic (exact) mass is 196 g/mol. The van der Waals surface area contributed by atoms with Gasteiger partial charge >= 0.3 is 0 Å². The number of hydrogen-bond donors (Lipinski definition) is 2. The summed E-state index contributed by atoms with van der Waals surface area (Å²) in [6, 6.07) is 3.52. The third-order valence-corrected chi connectivity index (χ3v) is 1.77. The summed E-state index contributed by atoms with van der Waals surface area (Å²) in [7, 11) is 0. The number of aromatic nitrogens is 1. The predicted molar refractivity (Wildman–Crippen MR) is 55.1 cm³/mol. The molecule has 14 heavy (non-hydrogen) atoms. The molecule has 0 atom stereocenters. The highest BCUT2D eigenvalue weighted by atomic mass is 16.5. The minimum absolute atomic E-state index is 0.378. The van der Waals surface area contributed by atoms with Gasteiger partial charge in [-0.25, -0.2) is 4.98 Å². The van der Waals surface area contributed by atoms with Gasteiger partial charge in [0.1, 0.15) is 0 Å². The van der Waals surface area contributed by atoms with Crippen LogP contribution in [-0.4, -0.2) is 22.3 Å². The van der Waals surface area contributed by atoms with E-state index in [0.717, 1.165) is 0 Å². The van der Waals surface area contributed by atoms with Gasteiger partial charge in [0.25, 0.3) is 0 Å². The normalized spacial score (nSPS) is 11.4. The van der Waals surface area contributed by atoms with E-state index in [1.807, 2.05) is 0 Å². The molecule has 0 aliphatic carbocycles. The Labute approximate surface area is 83.7 Å². The Balaban J connectivity index is 2.43. The van der Waals surface area contributed by atoms with E-state index in [-0.39, 0.29) is 0 Å². The van der Waals surface area contributed by atoms with Crippen LogP contribution >= 0.6 is 0 Å². The predicted octanol–water partition coefficient (Wildman–Crippen LogP) is 1.20. The Morgan fingerprint density at radius 1 is 1.57 bits per heavy atom. The van der Waals surface area contributed by atoms with Crippen molar-refractivity contribution >= 4 is 5.82 Å². The van der Waals surface area contributed by atoms with Crippen molar-refractivity contribution in [2.45, 2.75) is 25.9 Å². The second-order valence-electron chi connectivity index (χ2n) is 3.80. The van der Waals surface area contributed by atoms with Gasteiger partial charge in [0, 0.05) is 12.6 Å². The highest BCUT2D eigenvalue weighted by molar-refractivity contribution is 5.44. The first-order valence-corrected chi connectivity index (χ1v) is 4.55. The average molecular weight is 196 g/mol. The molecule has 0 saturated carbocycles. The first-order valence-electron chi connectivity index (χ1n) is 4.55. The number of nitrogens with two attached hydrogens (primary N) is 1. The lowest BCUT2D eigenvalue weighted by Gasteiger charge is -2.17. The van der Waals surface area contributed by atoms with Crippen LogP contribution in [0.3, 0.4) is 0 Å². The fraction of sp³-hybridized carbons (Fsp3) is 0.500. The SMILES string of the molecule is CC(C)(O)CCOc1cccnc1N. The van der Waals surface area contributed by atoms with Gasteiger partial charge < -0.3 is 15.6 Å². The summed E-state index contributed by atoms with van der Waals surface area (Å²) in [5.41, 5.74) is 4.86. The molecule has 0 amide bonds. The van der Waals surface area contributed by atoms with Crippen molar-refractivity contribution in [3.05, 3.63) is 18.3 Å². The Hall–Kier alpha value is -1.29. The zero-order valence-corrected chi connectivity index (χ0v) is 8.53. The number of pyridine rings is 1. The van der Waals surface area contributed by atoms with E-state index in [0.29, 0.717) is 24.6 Å². The molecule has 0 spiro atoms. The van der Waals surface area contributed by atoms with Crippen LogP contribution in [0.2, 0.25) is 0 Å². The Morgan fingerprint density at radius 3 is 2.86 bits per heavy atom. The Bertz CT molecular complexity index is 294. The Morgan fingerprint density at radius 2 is 2.29 bits per heavy atom. The van der Waals surface area contributed by atoms with Gasteiger partial charge in [-0.1, -0.05) is 0 Å². The quantitative estimate of drug-likeness (QED) is 0.759. The third-order valence-electron chi connectivity index (χ3n) is 1.77. The van der Waals surface area contributed by atoms with E-state index in [2.05, 4.69) is 4.98 Å². The topological polar surface area (TPSA) is 68.4 Å². The molecule has 1 aromatic heterocycles. The van der Waals surface area contributed by atoms with Gasteiger partial charge in [0.15, 0.2) is 11.6 Å². The van der Waals surface area contributed by atoms with E-state index in [9.17, 15) is 5.11 Å². The summed E-state index contributed by atoms with van der Waals surface area (Å²) in [4.78, 5) is 3.88. The van der Waals surface area contributed by atoms with Gasteiger partial charge in [-0.3, -0.25) is 0 Å². The number of aliphatic hydroxyl groups is 1. The van der Waals surface area contributed by atoms with Gasteiger partial charge in [-0.2, -0.15) is 0 Å². The van der Waals surface area contributed by atoms with Gasteiger partial charge in [0.05, 0.1) is 12.2 Å². The summed E-state index contributed by atoms with van der Waals surface area (Å²) in [5.74, 6) is 0.944. The number of nitrogen functional groups attached to an aromatic ring is 1. The lowest BCUT2D eigenvalue weighted by Crippen LogP contribution is -2.22. The van der Waals surface area contributed by atoms with Gasteiger partial charge in [0.2, 0.25) is 0 Å². The van der Waals surface area contributed by atoms with Crippen LogP contribution < -0.4 is 10.5 Å². The summed E-state index contributed by atoms with van der Waals surface area (Å²) in [6.45, 7) is 3.91. The van der Waals surface area contributed by atoms with E-state index < -0.39 is 5.60 Å². The second kappa shape index (κ2) is 4.28. The molecule has 0 fully saturated rings. The zero-order chi connectivity index (χ0) is 10.6. The minimum Gasteiger partial charge on any atom is -0.490 e. The molecule has 0 radical (unpaired) electrons. The third kappa shape index (κ3) is 3.62. The standard InChI is InChI=1S/C10H16N2O2/c1-10(2,13)5-7-14-8-4-3-6-12-9(8)11/h3-4,6,13H,5,7H2,1-2H3,(H2,11,12). The van der Waals surface area contributed by atoms with E-state index in [1.54, 1.807) is 32.2 Å². The molecule has 3 N–H and O–H groups in total. The van der Waals surface area contributed by atoms with E-state index >= 15 is 0 Å². The van der Waals surface area contributed by atoms with Crippen LogP contribution in [-0.2, 0) is 0 Å². The van der Waals surface area contributed by atoms with Crippen molar-refractivity contribution in [2.24, 2.45) is 0 Å². The van der Waals surface area contributed by atoms with Crippen LogP contribution in [0.15, 0.2) is 18.3 Å². The lowest BCUT2D eigenvalue weighted by atomic mass is 10.1. The first kappa shape index (κ1) is 10.8. The number of rotatable bonds is 4. The highest BCUT2D eigenvalue weighted by Gasteiger charge is 2.12. The largest absolute Gasteiger partial charge is 0.490 e. The maximum Gasteiger partial charge on any atom is 0.166 e. The molecule has 4 nitrogen and oxygen atoms in total. The summed E-state index contributed by atoms with van der Waals surface area (Å²) < 4.78 is 5.37. The molecule has 0 aliphatic rings. The zero-order valence-electron chi connectivity index (χ0n) is 8.53. The molecule has 0 unspecified atom stereocenters. The number of hydrogen-bond acceptors (Lipinski definition) is 4. The van der Waals surface area contributed by atoms with Crippen molar-refractivity contribution in [3.63, 3.8) is 0 Å². The summed E-state index contributed by atoms with van der Waals surface area (Å²) in [6.07, 6.45) is 2.17. The van der Waals surface area contributed by atoms with Gasteiger partial charge in [-0.15, -0.1) is 0 Å². The van der Waals surface area contributed by atoms with Crippen LogP contribution in [0.25, 0.3) is 0 Å². The highest BCUT2D eigenvalue weighted by Crippen LogP contribution is 2.18. The number of anilines is 1. The van der Waals surface area contributed by atoms with Crippen molar-refractivity contribution in [3.8, 4) is 5.75 Å². The molecular formula is C10H16N2O2. The summed E-state index contributed by atoms with van der Waals surface area (Å²) in [5, 5.41) is 9.44. The maximum atomic E-state index is 9.44. The molecule has 0 saturated heterocycles. The molecule has 4 heteroatoms. The van der Waals surface area contributed by atoms with Crippen LogP contribution in [0, 0.1) is 0 Å².